The first kappa shape index (κ1) is 21.6. The highest BCUT2D eigenvalue weighted by Crippen LogP contribution is 2.29. The van der Waals surface area contributed by atoms with Crippen molar-refractivity contribution in [3.05, 3.63) is 52.5 Å². The molecule has 0 aromatic heterocycles. The van der Waals surface area contributed by atoms with Crippen LogP contribution in [0.4, 0.5) is 5.69 Å². The van der Waals surface area contributed by atoms with Crippen LogP contribution in [-0.2, 0) is 10.0 Å². The van der Waals surface area contributed by atoms with Gasteiger partial charge in [-0.05, 0) is 49.9 Å². The van der Waals surface area contributed by atoms with Crippen LogP contribution in [0.2, 0.25) is 5.02 Å². The van der Waals surface area contributed by atoms with E-state index in [1.54, 1.807) is 37.3 Å². The highest BCUT2D eigenvalue weighted by atomic mass is 35.5. The third kappa shape index (κ3) is 4.72. The van der Waals surface area contributed by atoms with Crippen molar-refractivity contribution in [2.45, 2.75) is 11.8 Å². The molecule has 0 atom stereocenters. The predicted octanol–water partition coefficient (Wildman–Crippen LogP) is 2.85. The molecule has 0 radical (unpaired) electrons. The number of sulfonamides is 1. The highest BCUT2D eigenvalue weighted by molar-refractivity contribution is 7.89. The molecule has 1 aliphatic heterocycles. The van der Waals surface area contributed by atoms with Gasteiger partial charge >= 0.3 is 0 Å². The number of nitrogens with zero attached hydrogens (tertiary/aromatic N) is 2. The molecule has 1 heterocycles. The van der Waals surface area contributed by atoms with Crippen LogP contribution in [0.3, 0.4) is 0 Å². The Balaban J connectivity index is 1.89. The quantitative estimate of drug-likeness (QED) is 0.778. The Bertz CT molecular complexity index is 1020. The van der Waals surface area contributed by atoms with Gasteiger partial charge < -0.3 is 15.0 Å². The van der Waals surface area contributed by atoms with E-state index in [0.29, 0.717) is 48.2 Å². The fourth-order valence-electron chi connectivity index (χ4n) is 3.16. The lowest BCUT2D eigenvalue weighted by molar-refractivity contribution is 0.102. The minimum Gasteiger partial charge on any atom is -0.495 e. The number of carbonyl (C=O) groups is 1. The van der Waals surface area contributed by atoms with Gasteiger partial charge in [0.05, 0.1) is 17.7 Å². The van der Waals surface area contributed by atoms with Gasteiger partial charge in [0, 0.05) is 36.8 Å². The van der Waals surface area contributed by atoms with E-state index in [9.17, 15) is 13.2 Å². The summed E-state index contributed by atoms with van der Waals surface area (Å²) in [6.45, 7) is 3.92. The predicted molar refractivity (Wildman–Crippen MR) is 113 cm³/mol. The maximum Gasteiger partial charge on any atom is 0.255 e. The Hall–Kier alpha value is -2.13. The molecular weight excluding hydrogens is 414 g/mol. The summed E-state index contributed by atoms with van der Waals surface area (Å²) in [6.07, 6.45) is 0. The maximum atomic E-state index is 13.1. The Morgan fingerprint density at radius 3 is 2.45 bits per heavy atom. The first-order chi connectivity index (χ1) is 13.7. The average molecular weight is 438 g/mol. The molecule has 1 N–H and O–H groups in total. The molecule has 2 aromatic rings. The summed E-state index contributed by atoms with van der Waals surface area (Å²) in [5.41, 5.74) is 1.25. The van der Waals surface area contributed by atoms with E-state index in [1.165, 1.54) is 17.5 Å². The number of carbonyl (C=O) groups excluding carboxylic acids is 1. The van der Waals surface area contributed by atoms with Crippen LogP contribution in [0.15, 0.2) is 41.3 Å². The van der Waals surface area contributed by atoms with Crippen molar-refractivity contribution < 1.29 is 17.9 Å². The molecule has 1 aliphatic rings. The van der Waals surface area contributed by atoms with Crippen LogP contribution in [0.5, 0.6) is 5.75 Å². The minimum absolute atomic E-state index is 0.146. The molecule has 3 rings (SSSR count). The van der Waals surface area contributed by atoms with Crippen LogP contribution >= 0.6 is 11.6 Å². The summed E-state index contributed by atoms with van der Waals surface area (Å²) in [5, 5.41) is 3.19. The molecule has 9 heteroatoms. The van der Waals surface area contributed by atoms with Crippen molar-refractivity contribution in [1.82, 2.24) is 9.21 Å². The van der Waals surface area contributed by atoms with Gasteiger partial charge in [-0.3, -0.25) is 4.79 Å². The Morgan fingerprint density at radius 2 is 1.79 bits per heavy atom. The van der Waals surface area contributed by atoms with E-state index in [0.717, 1.165) is 0 Å². The molecule has 1 amide bonds. The van der Waals surface area contributed by atoms with Gasteiger partial charge in [0.25, 0.3) is 5.91 Å². The van der Waals surface area contributed by atoms with Gasteiger partial charge in [0.15, 0.2) is 0 Å². The summed E-state index contributed by atoms with van der Waals surface area (Å²) in [5.74, 6) is 0.0144. The maximum absolute atomic E-state index is 13.1. The van der Waals surface area contributed by atoms with Gasteiger partial charge in [-0.2, -0.15) is 4.31 Å². The van der Waals surface area contributed by atoms with Crippen LogP contribution in [0.1, 0.15) is 15.9 Å². The standard InChI is InChI=1S/C20H24ClN3O4S/c1-14-4-5-15(20(25)22-17-13-16(21)6-7-18(17)28-3)12-19(14)29(26,27)24-10-8-23(2)9-11-24/h4-7,12-13H,8-11H2,1-3H3,(H,22,25). The fourth-order valence-corrected chi connectivity index (χ4v) is 5.00. The number of hydrogen-bond acceptors (Lipinski definition) is 5. The summed E-state index contributed by atoms with van der Waals surface area (Å²) in [6, 6.07) is 9.56. The average Bonchev–Trinajstić information content (AvgIpc) is 2.68. The van der Waals surface area contributed by atoms with Crippen LogP contribution in [0, 0.1) is 6.92 Å². The third-order valence-corrected chi connectivity index (χ3v) is 7.22. The number of piperazine rings is 1. The fraction of sp³-hybridized carbons (Fsp3) is 0.350. The minimum atomic E-state index is -3.68. The summed E-state index contributed by atoms with van der Waals surface area (Å²) < 4.78 is 33.0. The topological polar surface area (TPSA) is 78.9 Å². The van der Waals surface area contributed by atoms with E-state index < -0.39 is 15.9 Å². The molecule has 1 fully saturated rings. The van der Waals surface area contributed by atoms with Gasteiger partial charge in [-0.1, -0.05) is 17.7 Å². The van der Waals surface area contributed by atoms with Gasteiger partial charge in [-0.15, -0.1) is 0 Å². The van der Waals surface area contributed by atoms with Crippen molar-refractivity contribution in [1.29, 1.82) is 0 Å². The van der Waals surface area contributed by atoms with Crippen LogP contribution < -0.4 is 10.1 Å². The SMILES string of the molecule is COc1ccc(Cl)cc1NC(=O)c1ccc(C)c(S(=O)(=O)N2CCN(C)CC2)c1. The monoisotopic (exact) mass is 437 g/mol. The van der Waals surface area contributed by atoms with Crippen molar-refractivity contribution in [2.24, 2.45) is 0 Å². The summed E-state index contributed by atoms with van der Waals surface area (Å²) in [4.78, 5) is 15.0. The molecule has 0 bridgehead atoms. The number of benzene rings is 2. The summed E-state index contributed by atoms with van der Waals surface area (Å²) in [7, 11) is -0.230. The van der Waals surface area contributed by atoms with E-state index in [1.807, 2.05) is 7.05 Å². The number of ether oxygens (including phenoxy) is 1. The number of halogens is 1. The number of nitrogens with one attached hydrogen (secondary N) is 1. The summed E-state index contributed by atoms with van der Waals surface area (Å²) >= 11 is 6.01. The normalized spacial score (nSPS) is 15.9. The first-order valence-corrected chi connectivity index (χ1v) is 11.0. The van der Waals surface area contributed by atoms with Gasteiger partial charge in [0.1, 0.15) is 5.75 Å². The molecule has 0 aliphatic carbocycles. The van der Waals surface area contributed by atoms with E-state index in [-0.39, 0.29) is 10.5 Å². The molecule has 2 aromatic carbocycles. The molecular formula is C20H24ClN3O4S. The lowest BCUT2D eigenvalue weighted by Gasteiger charge is -2.32. The van der Waals surface area contributed by atoms with E-state index >= 15 is 0 Å². The molecule has 29 heavy (non-hydrogen) atoms. The Kier molecular flexibility index (Phi) is 6.48. The Labute approximate surface area is 176 Å². The van der Waals surface area contributed by atoms with E-state index in [4.69, 9.17) is 16.3 Å². The molecule has 0 spiro atoms. The number of methoxy groups -OCH3 is 1. The zero-order valence-corrected chi connectivity index (χ0v) is 18.2. The van der Waals surface area contributed by atoms with Gasteiger partial charge in [0.2, 0.25) is 10.0 Å². The first-order valence-electron chi connectivity index (χ1n) is 9.16. The smallest absolute Gasteiger partial charge is 0.255 e. The number of hydrogen-bond donors (Lipinski definition) is 1. The zero-order chi connectivity index (χ0) is 21.2. The third-order valence-electron chi connectivity index (χ3n) is 4.94. The molecule has 0 saturated carbocycles. The van der Waals surface area contributed by atoms with E-state index in [2.05, 4.69) is 10.2 Å². The van der Waals surface area contributed by atoms with Crippen molar-refractivity contribution >= 4 is 33.2 Å². The van der Waals surface area contributed by atoms with Crippen molar-refractivity contribution in [2.75, 3.05) is 45.7 Å². The number of anilines is 1. The van der Waals surface area contributed by atoms with Crippen molar-refractivity contribution in [3.8, 4) is 5.75 Å². The number of likely N-dealkylation sites (N-methyl/N-ethyl adjacent to an activating group) is 1. The number of aryl methyl sites for hydroxylation is 1. The van der Waals surface area contributed by atoms with Gasteiger partial charge in [-0.25, -0.2) is 8.42 Å². The second-order valence-corrected chi connectivity index (χ2v) is 9.33. The van der Waals surface area contributed by atoms with Crippen LogP contribution in [-0.4, -0.2) is 63.9 Å². The highest BCUT2D eigenvalue weighted by Gasteiger charge is 2.29. The van der Waals surface area contributed by atoms with Crippen molar-refractivity contribution in [3.63, 3.8) is 0 Å². The lowest BCUT2D eigenvalue weighted by atomic mass is 10.1. The number of rotatable bonds is 5. The molecule has 7 nitrogen and oxygen atoms in total. The Morgan fingerprint density at radius 1 is 1.10 bits per heavy atom. The second-order valence-electron chi connectivity index (χ2n) is 6.99. The zero-order valence-electron chi connectivity index (χ0n) is 16.6. The lowest BCUT2D eigenvalue weighted by Crippen LogP contribution is -2.47. The molecule has 1 saturated heterocycles. The molecule has 0 unspecified atom stereocenters. The van der Waals surface area contributed by atoms with Crippen LogP contribution in [0.25, 0.3) is 0 Å². The molecule has 156 valence electrons. The number of amides is 1. The largest absolute Gasteiger partial charge is 0.495 e. The second kappa shape index (κ2) is 8.71.